The molecule has 0 spiro atoms. The highest BCUT2D eigenvalue weighted by atomic mass is 16.5. The van der Waals surface area contributed by atoms with Gasteiger partial charge in [-0.25, -0.2) is 0 Å². The fourth-order valence-corrected chi connectivity index (χ4v) is 2.69. The lowest BCUT2D eigenvalue weighted by Crippen LogP contribution is -2.38. The van der Waals surface area contributed by atoms with Crippen LogP contribution < -0.4 is 0 Å². The van der Waals surface area contributed by atoms with Gasteiger partial charge >= 0.3 is 0 Å². The van der Waals surface area contributed by atoms with E-state index in [1.54, 1.807) is 4.90 Å². The van der Waals surface area contributed by atoms with E-state index < -0.39 is 6.10 Å². The Balaban J connectivity index is 1.80. The molecule has 1 aliphatic rings. The highest BCUT2D eigenvalue weighted by molar-refractivity contribution is 5.80. The zero-order valence-corrected chi connectivity index (χ0v) is 13.9. The van der Waals surface area contributed by atoms with Gasteiger partial charge in [0.1, 0.15) is 6.10 Å². The van der Waals surface area contributed by atoms with Crippen molar-refractivity contribution in [2.45, 2.75) is 51.9 Å². The summed E-state index contributed by atoms with van der Waals surface area (Å²) < 4.78 is 11.3. The lowest BCUT2D eigenvalue weighted by atomic mass is 10.1. The molecule has 1 amide bonds. The molecule has 1 fully saturated rings. The van der Waals surface area contributed by atoms with Crippen molar-refractivity contribution in [2.75, 3.05) is 20.3 Å². The number of likely N-dealkylation sites (N-methyl/N-ethyl adjacent to an activating group) is 1. The molecule has 122 valence electrons. The van der Waals surface area contributed by atoms with Crippen molar-refractivity contribution in [1.29, 1.82) is 0 Å². The van der Waals surface area contributed by atoms with Crippen molar-refractivity contribution in [3.63, 3.8) is 0 Å². The van der Waals surface area contributed by atoms with Crippen LogP contribution in [0.25, 0.3) is 0 Å². The number of aryl methyl sites for hydroxylation is 1. The lowest BCUT2D eigenvalue weighted by molar-refractivity contribution is -0.145. The van der Waals surface area contributed by atoms with E-state index in [1.165, 1.54) is 17.5 Å². The summed E-state index contributed by atoms with van der Waals surface area (Å²) in [6, 6.07) is 8.13. The first-order valence-corrected chi connectivity index (χ1v) is 8.10. The second-order valence-electron chi connectivity index (χ2n) is 6.08. The molecule has 22 heavy (non-hydrogen) atoms. The van der Waals surface area contributed by atoms with Gasteiger partial charge in [0.2, 0.25) is 0 Å². The predicted molar refractivity (Wildman–Crippen MR) is 86.7 cm³/mol. The first kappa shape index (κ1) is 17.0. The molecular weight excluding hydrogens is 278 g/mol. The Morgan fingerprint density at radius 2 is 2.18 bits per heavy atom. The Morgan fingerprint density at radius 3 is 2.86 bits per heavy atom. The van der Waals surface area contributed by atoms with Crippen LogP contribution in [-0.2, 0) is 20.8 Å². The monoisotopic (exact) mass is 305 g/mol. The maximum atomic E-state index is 12.4. The summed E-state index contributed by atoms with van der Waals surface area (Å²) in [5.41, 5.74) is 2.37. The number of rotatable bonds is 6. The third-order valence-corrected chi connectivity index (χ3v) is 4.20. The van der Waals surface area contributed by atoms with E-state index in [0.29, 0.717) is 13.2 Å². The summed E-state index contributed by atoms with van der Waals surface area (Å²) in [5.74, 6) is 0.0130. The maximum absolute atomic E-state index is 12.4. The van der Waals surface area contributed by atoms with E-state index in [1.807, 2.05) is 26.1 Å². The van der Waals surface area contributed by atoms with E-state index in [0.717, 1.165) is 19.4 Å². The van der Waals surface area contributed by atoms with Crippen molar-refractivity contribution < 1.29 is 14.3 Å². The summed E-state index contributed by atoms with van der Waals surface area (Å²) in [6.45, 7) is 5.81. The molecule has 2 rings (SSSR count). The Kier molecular flexibility index (Phi) is 6.40. The summed E-state index contributed by atoms with van der Waals surface area (Å²) in [7, 11) is 1.83. The second kappa shape index (κ2) is 8.30. The molecule has 0 unspecified atom stereocenters. The van der Waals surface area contributed by atoms with Crippen molar-refractivity contribution in [2.24, 2.45) is 0 Å². The first-order chi connectivity index (χ1) is 10.6. The van der Waals surface area contributed by atoms with Crippen LogP contribution in [0.1, 0.15) is 37.3 Å². The Bertz CT molecular complexity index is 483. The van der Waals surface area contributed by atoms with Crippen molar-refractivity contribution in [3.05, 3.63) is 35.4 Å². The van der Waals surface area contributed by atoms with Gasteiger partial charge in [-0.3, -0.25) is 4.79 Å². The van der Waals surface area contributed by atoms with E-state index >= 15 is 0 Å². The number of nitrogens with zero attached hydrogens (tertiary/aromatic N) is 1. The van der Waals surface area contributed by atoms with Crippen molar-refractivity contribution in [1.82, 2.24) is 4.90 Å². The number of hydrogen-bond acceptors (Lipinski definition) is 3. The normalized spacial score (nSPS) is 19.7. The summed E-state index contributed by atoms with van der Waals surface area (Å²) in [6.07, 6.45) is 3.05. The van der Waals surface area contributed by atoms with Crippen LogP contribution in [0.15, 0.2) is 24.3 Å². The van der Waals surface area contributed by atoms with Gasteiger partial charge in [-0.05, 0) is 44.2 Å². The molecule has 0 aromatic heterocycles. The number of carbonyl (C=O) groups excluding carboxylic acids is 1. The average molecular weight is 305 g/mol. The van der Waals surface area contributed by atoms with Gasteiger partial charge in [0.25, 0.3) is 5.91 Å². The molecule has 1 aliphatic heterocycles. The van der Waals surface area contributed by atoms with E-state index in [9.17, 15) is 4.79 Å². The van der Waals surface area contributed by atoms with Crippen LogP contribution in [0.4, 0.5) is 0 Å². The number of carbonyl (C=O) groups is 1. The van der Waals surface area contributed by atoms with Crippen LogP contribution in [0.5, 0.6) is 0 Å². The van der Waals surface area contributed by atoms with Gasteiger partial charge in [0, 0.05) is 20.2 Å². The Morgan fingerprint density at radius 1 is 1.41 bits per heavy atom. The van der Waals surface area contributed by atoms with Crippen LogP contribution in [0.3, 0.4) is 0 Å². The SMILES string of the molecule is Cc1ccccc1CN(C)C(=O)[C@H](C)OC[C@@H]1CCCCO1. The van der Waals surface area contributed by atoms with E-state index in [2.05, 4.69) is 19.1 Å². The summed E-state index contributed by atoms with van der Waals surface area (Å²) in [5, 5.41) is 0. The molecule has 0 N–H and O–H groups in total. The number of ether oxygens (including phenoxy) is 2. The molecule has 4 heteroatoms. The third-order valence-electron chi connectivity index (χ3n) is 4.20. The quantitative estimate of drug-likeness (QED) is 0.811. The molecule has 0 radical (unpaired) electrons. The van der Waals surface area contributed by atoms with Crippen LogP contribution >= 0.6 is 0 Å². The Hall–Kier alpha value is -1.39. The van der Waals surface area contributed by atoms with Crippen LogP contribution in [0.2, 0.25) is 0 Å². The summed E-state index contributed by atoms with van der Waals surface area (Å²) in [4.78, 5) is 14.1. The molecule has 1 aromatic rings. The van der Waals surface area contributed by atoms with E-state index in [4.69, 9.17) is 9.47 Å². The highest BCUT2D eigenvalue weighted by Gasteiger charge is 2.21. The smallest absolute Gasteiger partial charge is 0.251 e. The Labute approximate surface area is 133 Å². The van der Waals surface area contributed by atoms with Gasteiger partial charge in [-0.15, -0.1) is 0 Å². The fraction of sp³-hybridized carbons (Fsp3) is 0.611. The molecular formula is C18H27NO3. The van der Waals surface area contributed by atoms with Crippen LogP contribution in [0, 0.1) is 6.92 Å². The fourth-order valence-electron chi connectivity index (χ4n) is 2.69. The topological polar surface area (TPSA) is 38.8 Å². The highest BCUT2D eigenvalue weighted by Crippen LogP contribution is 2.14. The molecule has 4 nitrogen and oxygen atoms in total. The minimum Gasteiger partial charge on any atom is -0.376 e. The number of amides is 1. The zero-order chi connectivity index (χ0) is 15.9. The molecule has 0 saturated carbocycles. The standard InChI is InChI=1S/C18H27NO3/c1-14-8-4-5-9-16(14)12-19(3)18(20)15(2)22-13-17-10-6-7-11-21-17/h4-5,8-9,15,17H,6-7,10-13H2,1-3H3/t15-,17-/m0/s1. The largest absolute Gasteiger partial charge is 0.376 e. The van der Waals surface area contributed by atoms with Gasteiger partial charge in [-0.2, -0.15) is 0 Å². The predicted octanol–water partition coefficient (Wildman–Crippen LogP) is 2.93. The average Bonchev–Trinajstić information content (AvgIpc) is 2.55. The lowest BCUT2D eigenvalue weighted by Gasteiger charge is -2.26. The third kappa shape index (κ3) is 4.82. The van der Waals surface area contributed by atoms with Gasteiger partial charge in [-0.1, -0.05) is 24.3 Å². The molecule has 2 atom stereocenters. The van der Waals surface area contributed by atoms with Crippen molar-refractivity contribution in [3.8, 4) is 0 Å². The number of benzene rings is 1. The second-order valence-corrected chi connectivity index (χ2v) is 6.08. The molecule has 1 heterocycles. The number of hydrogen-bond donors (Lipinski definition) is 0. The minimum absolute atomic E-state index is 0.0130. The zero-order valence-electron chi connectivity index (χ0n) is 13.9. The van der Waals surface area contributed by atoms with Crippen molar-refractivity contribution >= 4 is 5.91 Å². The molecule has 0 aliphatic carbocycles. The summed E-state index contributed by atoms with van der Waals surface area (Å²) >= 11 is 0. The molecule has 0 bridgehead atoms. The van der Waals surface area contributed by atoms with E-state index in [-0.39, 0.29) is 12.0 Å². The van der Waals surface area contributed by atoms with Gasteiger partial charge in [0.15, 0.2) is 0 Å². The molecule has 1 aromatic carbocycles. The van der Waals surface area contributed by atoms with Crippen LogP contribution in [-0.4, -0.2) is 43.3 Å². The van der Waals surface area contributed by atoms with Gasteiger partial charge < -0.3 is 14.4 Å². The van der Waals surface area contributed by atoms with Gasteiger partial charge in [0.05, 0.1) is 12.7 Å². The minimum atomic E-state index is -0.431. The molecule has 1 saturated heterocycles. The first-order valence-electron chi connectivity index (χ1n) is 8.10. The maximum Gasteiger partial charge on any atom is 0.251 e.